The molecule has 0 heterocycles. The number of nitrogens with one attached hydrogen (secondary N) is 2. The fourth-order valence-electron chi connectivity index (χ4n) is 1.89. The highest BCUT2D eigenvalue weighted by Crippen LogP contribution is 2.10. The van der Waals surface area contributed by atoms with Crippen molar-refractivity contribution >= 4 is 0 Å². The third kappa shape index (κ3) is 9.57. The summed E-state index contributed by atoms with van der Waals surface area (Å²) in [6.07, 6.45) is 2.12. The number of ether oxygens (including phenoxy) is 1. The zero-order valence-corrected chi connectivity index (χ0v) is 12.7. The van der Waals surface area contributed by atoms with Gasteiger partial charge in [-0.05, 0) is 53.6 Å². The fraction of sp³-hybridized carbons (Fsp3) is 1.00. The molecule has 0 aromatic heterocycles. The Balaban J connectivity index is 3.58. The third-order valence-electron chi connectivity index (χ3n) is 3.05. The molecule has 0 bridgehead atoms. The smallest absolute Gasteiger partial charge is 0.0483 e. The molecule has 0 spiro atoms. The van der Waals surface area contributed by atoms with Gasteiger partial charge in [0.2, 0.25) is 0 Å². The van der Waals surface area contributed by atoms with E-state index < -0.39 is 0 Å². The van der Waals surface area contributed by atoms with E-state index >= 15 is 0 Å². The summed E-state index contributed by atoms with van der Waals surface area (Å²) >= 11 is 0. The predicted octanol–water partition coefficient (Wildman–Crippen LogP) is 2.56. The average molecular weight is 244 g/mol. The minimum absolute atomic E-state index is 0.186. The fourth-order valence-corrected chi connectivity index (χ4v) is 1.89. The van der Waals surface area contributed by atoms with Crippen LogP contribution in [0.2, 0.25) is 0 Å². The van der Waals surface area contributed by atoms with Crippen LogP contribution in [0.4, 0.5) is 0 Å². The van der Waals surface area contributed by atoms with E-state index in [1.165, 1.54) is 0 Å². The maximum Gasteiger partial charge on any atom is 0.0483 e. The molecule has 0 atom stereocenters. The second-order valence-electron chi connectivity index (χ2n) is 5.94. The van der Waals surface area contributed by atoms with E-state index in [0.717, 1.165) is 39.1 Å². The van der Waals surface area contributed by atoms with Gasteiger partial charge >= 0.3 is 0 Å². The Kier molecular flexibility index (Phi) is 8.01. The summed E-state index contributed by atoms with van der Waals surface area (Å²) in [5, 5.41) is 6.91. The van der Waals surface area contributed by atoms with E-state index in [9.17, 15) is 0 Å². The molecule has 3 heteroatoms. The number of hydrogen-bond donors (Lipinski definition) is 2. The van der Waals surface area contributed by atoms with Gasteiger partial charge in [-0.25, -0.2) is 0 Å². The first-order chi connectivity index (χ1) is 7.83. The first-order valence-corrected chi connectivity index (χ1v) is 6.91. The molecule has 104 valence electrons. The highest BCUT2D eigenvalue weighted by molar-refractivity contribution is 4.77. The summed E-state index contributed by atoms with van der Waals surface area (Å²) in [5.41, 5.74) is 0.373. The Labute approximate surface area is 108 Å². The first kappa shape index (κ1) is 16.9. The van der Waals surface area contributed by atoms with Crippen molar-refractivity contribution < 1.29 is 4.74 Å². The molecule has 0 aromatic carbocycles. The lowest BCUT2D eigenvalue weighted by Crippen LogP contribution is -2.41. The van der Waals surface area contributed by atoms with Gasteiger partial charge in [-0.3, -0.25) is 0 Å². The van der Waals surface area contributed by atoms with Crippen molar-refractivity contribution in [1.29, 1.82) is 0 Å². The maximum atomic E-state index is 5.72. The van der Waals surface area contributed by atoms with Crippen molar-refractivity contribution in [1.82, 2.24) is 10.6 Å². The lowest BCUT2D eigenvalue weighted by molar-refractivity contribution is 0.0962. The highest BCUT2D eigenvalue weighted by Gasteiger charge is 2.17. The summed E-state index contributed by atoms with van der Waals surface area (Å²) in [7, 11) is 0. The van der Waals surface area contributed by atoms with Gasteiger partial charge in [0.15, 0.2) is 0 Å². The van der Waals surface area contributed by atoms with Crippen LogP contribution in [0.25, 0.3) is 0 Å². The first-order valence-electron chi connectivity index (χ1n) is 6.91. The third-order valence-corrected chi connectivity index (χ3v) is 3.05. The molecule has 0 saturated carbocycles. The van der Waals surface area contributed by atoms with Crippen LogP contribution >= 0.6 is 0 Å². The molecule has 0 unspecified atom stereocenters. The molecule has 0 saturated heterocycles. The van der Waals surface area contributed by atoms with Crippen LogP contribution in [0.15, 0.2) is 0 Å². The number of hydrogen-bond acceptors (Lipinski definition) is 3. The summed E-state index contributed by atoms with van der Waals surface area (Å²) in [5.74, 6) is 0. The highest BCUT2D eigenvalue weighted by atomic mass is 16.5. The molecule has 0 aromatic rings. The van der Waals surface area contributed by atoms with Crippen LogP contribution in [0.3, 0.4) is 0 Å². The Bertz CT molecular complexity index is 171. The zero-order valence-electron chi connectivity index (χ0n) is 12.7. The maximum absolute atomic E-state index is 5.72. The second-order valence-corrected chi connectivity index (χ2v) is 5.94. The van der Waals surface area contributed by atoms with E-state index in [2.05, 4.69) is 52.2 Å². The molecule has 0 aliphatic carbocycles. The normalized spacial score (nSPS) is 13.1. The van der Waals surface area contributed by atoms with Crippen molar-refractivity contribution in [2.75, 3.05) is 26.3 Å². The predicted molar refractivity (Wildman–Crippen MR) is 75.6 cm³/mol. The molecule has 17 heavy (non-hydrogen) atoms. The summed E-state index contributed by atoms with van der Waals surface area (Å²) in [6, 6.07) is 0. The summed E-state index contributed by atoms with van der Waals surface area (Å²) in [6.45, 7) is 16.9. The van der Waals surface area contributed by atoms with Crippen molar-refractivity contribution in [3.05, 3.63) is 0 Å². The summed E-state index contributed by atoms with van der Waals surface area (Å²) in [4.78, 5) is 0. The van der Waals surface area contributed by atoms with Gasteiger partial charge in [0.25, 0.3) is 0 Å². The van der Waals surface area contributed by atoms with Crippen molar-refractivity contribution in [2.45, 2.75) is 65.5 Å². The Morgan fingerprint density at radius 1 is 0.765 bits per heavy atom. The molecule has 0 radical (unpaired) electrons. The van der Waals surface area contributed by atoms with E-state index in [0.29, 0.717) is 0 Å². The minimum Gasteiger partial charge on any atom is -0.381 e. The monoisotopic (exact) mass is 244 g/mol. The van der Waals surface area contributed by atoms with Crippen LogP contribution in [0.1, 0.15) is 54.4 Å². The van der Waals surface area contributed by atoms with Crippen LogP contribution in [-0.2, 0) is 4.74 Å². The number of rotatable bonds is 10. The van der Waals surface area contributed by atoms with Crippen molar-refractivity contribution in [3.8, 4) is 0 Å². The van der Waals surface area contributed by atoms with Gasteiger partial charge in [-0.15, -0.1) is 0 Å². The van der Waals surface area contributed by atoms with E-state index in [1.54, 1.807) is 0 Å². The molecule has 3 nitrogen and oxygen atoms in total. The van der Waals surface area contributed by atoms with Crippen LogP contribution < -0.4 is 10.6 Å². The standard InChI is InChI=1S/C14H32N2O/c1-7-15-13(3,4)9-11-17-12-10-14(5,6)16-8-2/h15-16H,7-12H2,1-6H3. The van der Waals surface area contributed by atoms with Gasteiger partial charge in [-0.2, -0.15) is 0 Å². The second kappa shape index (κ2) is 8.06. The molecule has 0 aliphatic rings. The summed E-state index contributed by atoms with van der Waals surface area (Å²) < 4.78 is 5.72. The Hall–Kier alpha value is -0.120. The van der Waals surface area contributed by atoms with E-state index in [1.807, 2.05) is 0 Å². The van der Waals surface area contributed by atoms with Crippen LogP contribution in [0, 0.1) is 0 Å². The molecular weight excluding hydrogens is 212 g/mol. The molecule has 0 rings (SSSR count). The molecular formula is C14H32N2O. The van der Waals surface area contributed by atoms with Gasteiger partial charge in [0.05, 0.1) is 0 Å². The lowest BCUT2D eigenvalue weighted by Gasteiger charge is -2.27. The van der Waals surface area contributed by atoms with Gasteiger partial charge in [-0.1, -0.05) is 13.8 Å². The van der Waals surface area contributed by atoms with E-state index in [4.69, 9.17) is 4.74 Å². The quantitative estimate of drug-likeness (QED) is 0.580. The van der Waals surface area contributed by atoms with Gasteiger partial charge < -0.3 is 15.4 Å². The van der Waals surface area contributed by atoms with Crippen LogP contribution in [-0.4, -0.2) is 37.4 Å². The Morgan fingerprint density at radius 2 is 1.12 bits per heavy atom. The molecule has 0 fully saturated rings. The SMILES string of the molecule is CCNC(C)(C)CCOCCC(C)(C)NCC. The lowest BCUT2D eigenvalue weighted by atomic mass is 10.0. The van der Waals surface area contributed by atoms with Crippen LogP contribution in [0.5, 0.6) is 0 Å². The van der Waals surface area contributed by atoms with Crippen molar-refractivity contribution in [3.63, 3.8) is 0 Å². The molecule has 0 amide bonds. The topological polar surface area (TPSA) is 33.3 Å². The zero-order chi connectivity index (χ0) is 13.4. The van der Waals surface area contributed by atoms with E-state index in [-0.39, 0.29) is 11.1 Å². The Morgan fingerprint density at radius 3 is 1.41 bits per heavy atom. The van der Waals surface area contributed by atoms with Crippen molar-refractivity contribution in [2.24, 2.45) is 0 Å². The largest absolute Gasteiger partial charge is 0.381 e. The minimum atomic E-state index is 0.186. The van der Waals surface area contributed by atoms with Gasteiger partial charge in [0, 0.05) is 24.3 Å². The average Bonchev–Trinajstić information content (AvgIpc) is 2.16. The molecule has 2 N–H and O–H groups in total. The molecule has 0 aliphatic heterocycles. The van der Waals surface area contributed by atoms with Gasteiger partial charge in [0.1, 0.15) is 0 Å².